The van der Waals surface area contributed by atoms with Gasteiger partial charge in [-0.25, -0.2) is 9.59 Å². The molecule has 6 nitrogen and oxygen atoms in total. The maximum atomic E-state index is 9.15. The van der Waals surface area contributed by atoms with E-state index in [0.29, 0.717) is 0 Å². The molecule has 9 heavy (non-hydrogen) atoms. The molecule has 6 heteroatoms. The summed E-state index contributed by atoms with van der Waals surface area (Å²) < 4.78 is 3.67. The van der Waals surface area contributed by atoms with Crippen LogP contribution in [0.1, 0.15) is 0 Å². The zero-order valence-electron chi connectivity index (χ0n) is 4.83. The molecule has 0 aliphatic heterocycles. The van der Waals surface area contributed by atoms with Crippen LogP contribution in [0, 0.1) is 0 Å². The first-order valence-electron chi connectivity index (χ1n) is 1.82. The average molecular weight is 136 g/mol. The number of carbonyl (C=O) groups is 2. The molecule has 0 saturated heterocycles. The van der Waals surface area contributed by atoms with Crippen molar-refractivity contribution >= 4 is 12.2 Å². The lowest BCUT2D eigenvalue weighted by Crippen LogP contribution is -2.18. The van der Waals surface area contributed by atoms with Crippen molar-refractivity contribution in [1.29, 1.82) is 0 Å². The fourth-order valence-corrected chi connectivity index (χ4v) is 0. The fraction of sp³-hybridized carbons (Fsp3) is 0.333. The first-order valence-corrected chi connectivity index (χ1v) is 1.82. The Hall–Kier alpha value is -1.46. The molecule has 0 aliphatic rings. The Morgan fingerprint density at radius 2 is 1.56 bits per heavy atom. The van der Waals surface area contributed by atoms with Crippen molar-refractivity contribution < 1.29 is 19.4 Å². The van der Waals surface area contributed by atoms with E-state index in [9.17, 15) is 0 Å². The average Bonchev–Trinajstić information content (AvgIpc) is 1.65. The molecule has 2 amide bonds. The highest BCUT2D eigenvalue weighted by Crippen LogP contribution is 1.60. The predicted molar refractivity (Wildman–Crippen MR) is 28.8 cm³/mol. The molecule has 0 fully saturated rings. The minimum absolute atomic E-state index is 0.833. The normalized spacial score (nSPS) is 6.33. The van der Waals surface area contributed by atoms with Crippen LogP contribution in [0.4, 0.5) is 9.59 Å². The molecule has 5 N–H and O–H groups in total. The van der Waals surface area contributed by atoms with Gasteiger partial charge >= 0.3 is 12.2 Å². The van der Waals surface area contributed by atoms with Crippen molar-refractivity contribution in [3.63, 3.8) is 0 Å². The largest absolute Gasteiger partial charge is 0.505 e. The molecule has 0 spiro atoms. The van der Waals surface area contributed by atoms with Crippen molar-refractivity contribution in [2.24, 2.45) is 11.5 Å². The number of primary amides is 2. The lowest BCUT2D eigenvalue weighted by Gasteiger charge is -1.79. The van der Waals surface area contributed by atoms with Crippen LogP contribution in [-0.2, 0) is 4.74 Å². The molecular weight excluding hydrogens is 128 g/mol. The highest BCUT2D eigenvalue weighted by molar-refractivity contribution is 5.69. The second-order valence-corrected chi connectivity index (χ2v) is 0.872. The summed E-state index contributed by atoms with van der Waals surface area (Å²) in [5.74, 6) is 0. The number of ether oxygens (including phenoxy) is 1. The van der Waals surface area contributed by atoms with E-state index >= 15 is 0 Å². The van der Waals surface area contributed by atoms with Crippen LogP contribution in [0.2, 0.25) is 0 Å². The number of hydrogen-bond acceptors (Lipinski definition) is 3. The molecule has 0 rings (SSSR count). The van der Waals surface area contributed by atoms with Gasteiger partial charge < -0.3 is 21.3 Å². The summed E-state index contributed by atoms with van der Waals surface area (Å²) in [4.78, 5) is 18.1. The summed E-state index contributed by atoms with van der Waals surface area (Å²) in [5.41, 5.74) is 8.50. The third-order valence-electron chi connectivity index (χ3n) is 0.175. The summed E-state index contributed by atoms with van der Waals surface area (Å²) in [5, 5.41) is 7.50. The molecule has 0 radical (unpaired) electrons. The SMILES string of the molecule is COC(=O)O.NC(N)=O. The van der Waals surface area contributed by atoms with Gasteiger partial charge in [0.05, 0.1) is 7.11 Å². The van der Waals surface area contributed by atoms with Crippen LogP contribution >= 0.6 is 0 Å². The van der Waals surface area contributed by atoms with E-state index in [4.69, 9.17) is 14.7 Å². The Bertz CT molecular complexity index is 98.0. The Morgan fingerprint density at radius 3 is 1.56 bits per heavy atom. The Balaban J connectivity index is 0. The Kier molecular flexibility index (Phi) is 7.64. The van der Waals surface area contributed by atoms with Crippen molar-refractivity contribution in [1.82, 2.24) is 0 Å². The van der Waals surface area contributed by atoms with Crippen molar-refractivity contribution in [2.75, 3.05) is 7.11 Å². The molecule has 0 aromatic heterocycles. The van der Waals surface area contributed by atoms with Gasteiger partial charge in [0.25, 0.3) is 0 Å². The number of methoxy groups -OCH3 is 1. The maximum Gasteiger partial charge on any atom is 0.505 e. The predicted octanol–water partition coefficient (Wildman–Crippen LogP) is -0.665. The quantitative estimate of drug-likeness (QED) is 0.383. The third-order valence-corrected chi connectivity index (χ3v) is 0.175. The van der Waals surface area contributed by atoms with Gasteiger partial charge in [-0.2, -0.15) is 0 Å². The molecule has 0 aliphatic carbocycles. The Labute approximate surface area is 51.4 Å². The van der Waals surface area contributed by atoms with Gasteiger partial charge in [-0.3, -0.25) is 0 Å². The van der Waals surface area contributed by atoms with Crippen molar-refractivity contribution in [3.8, 4) is 0 Å². The summed E-state index contributed by atoms with van der Waals surface area (Å²) >= 11 is 0. The van der Waals surface area contributed by atoms with Crippen molar-refractivity contribution in [3.05, 3.63) is 0 Å². The van der Waals surface area contributed by atoms with Crippen LogP contribution in [0.5, 0.6) is 0 Å². The smallest absolute Gasteiger partial charge is 0.450 e. The highest BCUT2D eigenvalue weighted by atomic mass is 16.6. The van der Waals surface area contributed by atoms with Gasteiger partial charge in [0, 0.05) is 0 Å². The first kappa shape index (κ1) is 10.5. The Morgan fingerprint density at radius 1 is 1.44 bits per heavy atom. The molecule has 54 valence electrons. The number of carboxylic acid groups (broad SMARTS) is 1. The van der Waals surface area contributed by atoms with Crippen LogP contribution in [-0.4, -0.2) is 24.4 Å². The van der Waals surface area contributed by atoms with E-state index < -0.39 is 12.2 Å². The number of hydrogen-bond donors (Lipinski definition) is 3. The lowest BCUT2D eigenvalue weighted by atomic mass is 11.2. The third kappa shape index (κ3) is 462. The number of amides is 2. The van der Waals surface area contributed by atoms with Crippen LogP contribution < -0.4 is 11.5 Å². The summed E-state index contributed by atoms with van der Waals surface area (Å²) in [7, 11) is 1.10. The minimum Gasteiger partial charge on any atom is -0.450 e. The molecule has 0 aromatic rings. The van der Waals surface area contributed by atoms with Gasteiger partial charge in [-0.05, 0) is 0 Å². The topological polar surface area (TPSA) is 116 Å². The van der Waals surface area contributed by atoms with E-state index in [1.807, 2.05) is 0 Å². The second kappa shape index (κ2) is 6.54. The molecule has 0 saturated carbocycles. The van der Waals surface area contributed by atoms with Gasteiger partial charge in [-0.15, -0.1) is 0 Å². The maximum absolute atomic E-state index is 9.15. The van der Waals surface area contributed by atoms with E-state index in [1.165, 1.54) is 0 Å². The summed E-state index contributed by atoms with van der Waals surface area (Å²) in [6, 6.07) is -0.833. The monoisotopic (exact) mass is 136 g/mol. The van der Waals surface area contributed by atoms with Gasteiger partial charge in [0.1, 0.15) is 0 Å². The van der Waals surface area contributed by atoms with Crippen molar-refractivity contribution in [2.45, 2.75) is 0 Å². The fourth-order valence-electron chi connectivity index (χ4n) is 0. The zero-order valence-corrected chi connectivity index (χ0v) is 4.83. The first-order chi connectivity index (χ1) is 4.00. The van der Waals surface area contributed by atoms with E-state index in [0.717, 1.165) is 7.11 Å². The number of carbonyl (C=O) groups excluding carboxylic acids is 1. The van der Waals surface area contributed by atoms with Crippen LogP contribution in [0.3, 0.4) is 0 Å². The standard InChI is InChI=1S/C2H4O3.CH4N2O/c1-5-2(3)4;2-1(3)4/h1H3,(H,3,4);(H4,2,3,4). The molecular formula is C3H8N2O4. The highest BCUT2D eigenvalue weighted by Gasteiger charge is 1.80. The number of rotatable bonds is 0. The molecule has 0 aromatic carbocycles. The molecule has 0 heterocycles. The van der Waals surface area contributed by atoms with E-state index in [2.05, 4.69) is 16.2 Å². The summed E-state index contributed by atoms with van der Waals surface area (Å²) in [6.07, 6.45) is -1.25. The number of nitrogens with two attached hydrogens (primary N) is 2. The van der Waals surface area contributed by atoms with E-state index in [1.54, 1.807) is 0 Å². The minimum atomic E-state index is -1.25. The van der Waals surface area contributed by atoms with Gasteiger partial charge in [-0.1, -0.05) is 0 Å². The molecule has 0 unspecified atom stereocenters. The van der Waals surface area contributed by atoms with Gasteiger partial charge in [0.15, 0.2) is 0 Å². The van der Waals surface area contributed by atoms with Crippen LogP contribution in [0.15, 0.2) is 0 Å². The second-order valence-electron chi connectivity index (χ2n) is 0.872. The number of urea groups is 1. The molecule has 0 atom stereocenters. The molecule has 0 bridgehead atoms. The van der Waals surface area contributed by atoms with Gasteiger partial charge in [0.2, 0.25) is 0 Å². The zero-order chi connectivity index (χ0) is 7.86. The lowest BCUT2D eigenvalue weighted by molar-refractivity contribution is 0.114. The van der Waals surface area contributed by atoms with E-state index in [-0.39, 0.29) is 0 Å². The van der Waals surface area contributed by atoms with Crippen LogP contribution in [0.25, 0.3) is 0 Å². The summed E-state index contributed by atoms with van der Waals surface area (Å²) in [6.45, 7) is 0.